The van der Waals surface area contributed by atoms with Crippen molar-refractivity contribution < 1.29 is 13.2 Å². The summed E-state index contributed by atoms with van der Waals surface area (Å²) in [5.74, 6) is 0.516. The molecule has 0 unspecified atom stereocenters. The van der Waals surface area contributed by atoms with Gasteiger partial charge in [-0.3, -0.25) is 10.1 Å². The van der Waals surface area contributed by atoms with Crippen molar-refractivity contribution in [3.8, 4) is 0 Å². The molecule has 0 radical (unpaired) electrons. The first-order chi connectivity index (χ1) is 12.5. The molecule has 3 rings (SSSR count). The molecule has 1 N–H and O–H groups in total. The van der Waals surface area contributed by atoms with Crippen molar-refractivity contribution in [1.82, 2.24) is 14.5 Å². The smallest absolute Gasteiger partial charge is 0.244 e. The number of hydrogen-bond donors (Lipinski definition) is 1. The minimum Gasteiger partial charge on any atom is -0.299 e. The summed E-state index contributed by atoms with van der Waals surface area (Å²) in [6, 6.07) is 7.50. The number of nitrogens with zero attached hydrogens (tertiary/aromatic N) is 3. The van der Waals surface area contributed by atoms with Gasteiger partial charge in [0.05, 0.1) is 4.90 Å². The Balaban J connectivity index is 1.78. The van der Waals surface area contributed by atoms with Crippen LogP contribution in [-0.4, -0.2) is 47.2 Å². The lowest BCUT2D eigenvalue weighted by molar-refractivity contribution is -0.120. The van der Waals surface area contributed by atoms with E-state index in [1.807, 2.05) is 6.92 Å². The van der Waals surface area contributed by atoms with Crippen LogP contribution >= 0.6 is 23.1 Å². The highest BCUT2D eigenvalue weighted by Crippen LogP contribution is 2.28. The summed E-state index contributed by atoms with van der Waals surface area (Å²) in [5.41, 5.74) is 0. The van der Waals surface area contributed by atoms with E-state index in [0.717, 1.165) is 22.9 Å². The Labute approximate surface area is 161 Å². The van der Waals surface area contributed by atoms with Gasteiger partial charge >= 0.3 is 0 Å². The highest BCUT2D eigenvalue weighted by Gasteiger charge is 2.37. The Bertz CT molecular complexity index is 855. The zero-order chi connectivity index (χ0) is 18.6. The Morgan fingerprint density at radius 3 is 2.81 bits per heavy atom. The molecule has 26 heavy (non-hydrogen) atoms. The lowest BCUT2D eigenvalue weighted by Gasteiger charge is -2.33. The molecule has 0 spiro atoms. The van der Waals surface area contributed by atoms with E-state index in [2.05, 4.69) is 15.5 Å². The first-order valence-corrected chi connectivity index (χ1v) is 11.6. The van der Waals surface area contributed by atoms with E-state index in [1.54, 1.807) is 42.1 Å². The van der Waals surface area contributed by atoms with Gasteiger partial charge in [0.15, 0.2) is 4.34 Å². The van der Waals surface area contributed by atoms with Crippen LogP contribution in [0.4, 0.5) is 5.13 Å². The van der Waals surface area contributed by atoms with Crippen molar-refractivity contribution in [3.63, 3.8) is 0 Å². The van der Waals surface area contributed by atoms with E-state index in [-0.39, 0.29) is 10.8 Å². The Kier molecular flexibility index (Phi) is 6.28. The molecule has 1 saturated heterocycles. The number of sulfonamides is 1. The van der Waals surface area contributed by atoms with Gasteiger partial charge in [-0.1, -0.05) is 54.6 Å². The fraction of sp³-hybridized carbons (Fsp3) is 0.438. The molecule has 1 aromatic carbocycles. The second-order valence-corrected chi connectivity index (χ2v) is 10.1. The molecule has 10 heteroatoms. The van der Waals surface area contributed by atoms with Crippen LogP contribution in [0.25, 0.3) is 0 Å². The standard InChI is InChI=1S/C16H20N4O3S3/c1-2-24-16-19-18-15(25-16)17-14(21)13-10-6-7-11-20(13)26(22,23)12-8-4-3-5-9-12/h3-5,8-9,13H,2,6-7,10-11H2,1H3,(H,17,18,21)/t13-/m0/s1. The minimum atomic E-state index is -3.72. The molecule has 1 amide bonds. The van der Waals surface area contributed by atoms with Crippen LogP contribution in [0.5, 0.6) is 0 Å². The van der Waals surface area contributed by atoms with Crippen molar-refractivity contribution in [3.05, 3.63) is 30.3 Å². The number of carbonyl (C=O) groups is 1. The second kappa shape index (κ2) is 8.47. The first kappa shape index (κ1) is 19.3. The third kappa shape index (κ3) is 4.25. The monoisotopic (exact) mass is 412 g/mol. The second-order valence-electron chi connectivity index (χ2n) is 5.74. The number of aromatic nitrogens is 2. The summed E-state index contributed by atoms with van der Waals surface area (Å²) >= 11 is 2.84. The summed E-state index contributed by atoms with van der Waals surface area (Å²) in [6.07, 6.45) is 2.05. The van der Waals surface area contributed by atoms with Crippen molar-refractivity contribution in [1.29, 1.82) is 0 Å². The van der Waals surface area contributed by atoms with Gasteiger partial charge in [-0.2, -0.15) is 4.31 Å². The van der Waals surface area contributed by atoms with Crippen molar-refractivity contribution in [2.75, 3.05) is 17.6 Å². The number of anilines is 1. The lowest BCUT2D eigenvalue weighted by atomic mass is 10.0. The number of hydrogen-bond acceptors (Lipinski definition) is 7. The zero-order valence-corrected chi connectivity index (χ0v) is 16.7. The van der Waals surface area contributed by atoms with Crippen molar-refractivity contribution in [2.24, 2.45) is 0 Å². The fourth-order valence-corrected chi connectivity index (χ4v) is 6.14. The van der Waals surface area contributed by atoms with Gasteiger partial charge in [0, 0.05) is 6.54 Å². The average molecular weight is 413 g/mol. The van der Waals surface area contributed by atoms with Crippen LogP contribution < -0.4 is 5.32 Å². The maximum Gasteiger partial charge on any atom is 0.244 e. The topological polar surface area (TPSA) is 92.3 Å². The van der Waals surface area contributed by atoms with Crippen molar-refractivity contribution >= 4 is 44.2 Å². The largest absolute Gasteiger partial charge is 0.299 e. The molecule has 2 heterocycles. The molecular formula is C16H20N4O3S3. The highest BCUT2D eigenvalue weighted by atomic mass is 32.2. The number of thioether (sulfide) groups is 1. The number of piperidine rings is 1. The normalized spacial score (nSPS) is 18.6. The molecule has 0 bridgehead atoms. The van der Waals surface area contributed by atoms with Gasteiger partial charge in [0.25, 0.3) is 0 Å². The summed E-state index contributed by atoms with van der Waals surface area (Å²) in [5, 5.41) is 11.1. The summed E-state index contributed by atoms with van der Waals surface area (Å²) in [6.45, 7) is 2.35. The molecule has 0 saturated carbocycles. The van der Waals surface area contributed by atoms with Gasteiger partial charge in [-0.25, -0.2) is 8.42 Å². The van der Waals surface area contributed by atoms with Gasteiger partial charge in [0.1, 0.15) is 6.04 Å². The molecule has 2 aromatic rings. The van der Waals surface area contributed by atoms with Crippen LogP contribution in [-0.2, 0) is 14.8 Å². The number of rotatable bonds is 6. The van der Waals surface area contributed by atoms with Crippen LogP contribution in [0, 0.1) is 0 Å². The Morgan fingerprint density at radius 1 is 1.31 bits per heavy atom. The predicted octanol–water partition coefficient (Wildman–Crippen LogP) is 2.83. The third-order valence-corrected chi connectivity index (χ3v) is 7.79. The van der Waals surface area contributed by atoms with Gasteiger partial charge in [-0.15, -0.1) is 10.2 Å². The molecule has 1 aliphatic heterocycles. The third-order valence-electron chi connectivity index (χ3n) is 4.01. The van der Waals surface area contributed by atoms with Crippen LogP contribution in [0.3, 0.4) is 0 Å². The molecule has 1 aromatic heterocycles. The molecule has 0 aliphatic carbocycles. The fourth-order valence-electron chi connectivity index (χ4n) is 2.81. The number of carbonyl (C=O) groups excluding carboxylic acids is 1. The maximum atomic E-state index is 13.0. The van der Waals surface area contributed by atoms with Crippen molar-refractivity contribution in [2.45, 2.75) is 41.5 Å². The molecular weight excluding hydrogens is 392 g/mol. The molecule has 1 fully saturated rings. The Hall–Kier alpha value is -1.49. The summed E-state index contributed by atoms with van der Waals surface area (Å²) in [7, 11) is -3.72. The van der Waals surface area contributed by atoms with Crippen LogP contribution in [0.15, 0.2) is 39.6 Å². The van der Waals surface area contributed by atoms with E-state index in [9.17, 15) is 13.2 Å². The Morgan fingerprint density at radius 2 is 2.08 bits per heavy atom. The zero-order valence-electron chi connectivity index (χ0n) is 14.3. The average Bonchev–Trinajstić information content (AvgIpc) is 3.09. The van der Waals surface area contributed by atoms with Crippen LogP contribution in [0.2, 0.25) is 0 Å². The quantitative estimate of drug-likeness (QED) is 0.579. The van der Waals surface area contributed by atoms with E-state index in [1.165, 1.54) is 15.6 Å². The molecule has 1 aliphatic rings. The molecule has 7 nitrogen and oxygen atoms in total. The number of benzene rings is 1. The van der Waals surface area contributed by atoms with E-state index < -0.39 is 16.1 Å². The lowest BCUT2D eigenvalue weighted by Crippen LogP contribution is -2.49. The van der Waals surface area contributed by atoms with Gasteiger partial charge in [0.2, 0.25) is 21.1 Å². The minimum absolute atomic E-state index is 0.206. The van der Waals surface area contributed by atoms with E-state index >= 15 is 0 Å². The van der Waals surface area contributed by atoms with Crippen LogP contribution in [0.1, 0.15) is 26.2 Å². The first-order valence-electron chi connectivity index (χ1n) is 8.36. The SMILES string of the molecule is CCSc1nnc(NC(=O)[C@@H]2CCCCN2S(=O)(=O)c2ccccc2)s1. The summed E-state index contributed by atoms with van der Waals surface area (Å²) in [4.78, 5) is 12.9. The number of amides is 1. The van der Waals surface area contributed by atoms with E-state index in [4.69, 9.17) is 0 Å². The highest BCUT2D eigenvalue weighted by molar-refractivity contribution is 8.01. The van der Waals surface area contributed by atoms with Gasteiger partial charge in [-0.05, 0) is 30.7 Å². The predicted molar refractivity (Wildman–Crippen MR) is 103 cm³/mol. The molecule has 140 valence electrons. The maximum absolute atomic E-state index is 13.0. The number of nitrogens with one attached hydrogen (secondary N) is 1. The summed E-state index contributed by atoms with van der Waals surface area (Å²) < 4.78 is 28.0. The van der Waals surface area contributed by atoms with E-state index in [0.29, 0.717) is 18.1 Å². The van der Waals surface area contributed by atoms with Gasteiger partial charge < -0.3 is 0 Å². The molecule has 1 atom stereocenters.